The lowest BCUT2D eigenvalue weighted by molar-refractivity contribution is 0.416. The van der Waals surface area contributed by atoms with E-state index in [0.29, 0.717) is 28.0 Å². The van der Waals surface area contributed by atoms with Crippen LogP contribution in [0.3, 0.4) is 0 Å². The monoisotopic (exact) mass is 260 g/mol. The maximum atomic E-state index is 9.06. The molecule has 0 aliphatic carbocycles. The molecule has 0 aliphatic rings. The summed E-state index contributed by atoms with van der Waals surface area (Å²) in [5.41, 5.74) is 1.02. The molecule has 2 rings (SSSR count). The largest absolute Gasteiger partial charge is 0.495 e. The molecular weight excluding hydrogens is 252 g/mol. The second-order valence-corrected chi connectivity index (χ2v) is 3.75. The maximum absolute atomic E-state index is 9.06. The number of methoxy groups -OCH3 is 1. The van der Waals surface area contributed by atoms with E-state index in [4.69, 9.17) is 21.6 Å². The number of hydrogen-bond donors (Lipinski definition) is 1. The first-order valence-corrected chi connectivity index (χ1v) is 5.45. The van der Waals surface area contributed by atoms with Crippen molar-refractivity contribution in [1.29, 1.82) is 5.26 Å². The molecule has 0 unspecified atom stereocenters. The van der Waals surface area contributed by atoms with Gasteiger partial charge in [0, 0.05) is 0 Å². The predicted octanol–water partition coefficient (Wildman–Crippen LogP) is 2.75. The van der Waals surface area contributed by atoms with Crippen molar-refractivity contribution >= 4 is 23.1 Å². The summed E-state index contributed by atoms with van der Waals surface area (Å²) in [6, 6.07) is 10.6. The zero-order valence-corrected chi connectivity index (χ0v) is 10.3. The maximum Gasteiger partial charge on any atom is 0.153 e. The van der Waals surface area contributed by atoms with Crippen LogP contribution in [0.15, 0.2) is 30.3 Å². The van der Waals surface area contributed by atoms with Gasteiger partial charge in [0.05, 0.1) is 12.7 Å². The first-order valence-electron chi connectivity index (χ1n) is 5.08. The fraction of sp³-hybridized carbons (Fsp3) is 0.0833. The molecule has 6 heteroatoms. The highest BCUT2D eigenvalue weighted by Gasteiger charge is 2.09. The number of halogens is 1. The number of ether oxygens (including phenoxy) is 1. The number of hydrogen-bond acceptors (Lipinski definition) is 5. The van der Waals surface area contributed by atoms with Crippen LogP contribution in [0.5, 0.6) is 5.75 Å². The van der Waals surface area contributed by atoms with E-state index < -0.39 is 0 Å². The molecule has 2 aromatic rings. The van der Waals surface area contributed by atoms with Crippen molar-refractivity contribution in [2.75, 3.05) is 12.4 Å². The summed E-state index contributed by atoms with van der Waals surface area (Å²) in [5, 5.41) is 19.9. The van der Waals surface area contributed by atoms with Crippen molar-refractivity contribution in [2.24, 2.45) is 0 Å². The van der Waals surface area contributed by atoms with Crippen LogP contribution < -0.4 is 10.1 Å². The van der Waals surface area contributed by atoms with Crippen molar-refractivity contribution in [3.05, 3.63) is 41.0 Å². The summed E-state index contributed by atoms with van der Waals surface area (Å²) >= 11 is 5.65. The van der Waals surface area contributed by atoms with Crippen molar-refractivity contribution in [1.82, 2.24) is 10.2 Å². The van der Waals surface area contributed by atoms with Crippen LogP contribution in [0, 0.1) is 11.3 Å². The molecule has 1 aromatic carbocycles. The quantitative estimate of drug-likeness (QED) is 0.919. The van der Waals surface area contributed by atoms with Gasteiger partial charge in [0.25, 0.3) is 0 Å². The van der Waals surface area contributed by atoms with Gasteiger partial charge in [-0.1, -0.05) is 17.7 Å². The van der Waals surface area contributed by atoms with Gasteiger partial charge in [0.1, 0.15) is 17.5 Å². The summed E-state index contributed by atoms with van der Waals surface area (Å²) in [5.74, 6) is 1.05. The summed E-state index contributed by atoms with van der Waals surface area (Å²) in [6.07, 6.45) is 0. The lowest BCUT2D eigenvalue weighted by Gasteiger charge is -2.11. The first kappa shape index (κ1) is 12.1. The minimum atomic E-state index is 0.307. The number of nitrogens with zero attached hydrogens (tertiary/aromatic N) is 3. The molecular formula is C12H9ClN4O. The fourth-order valence-corrected chi connectivity index (χ4v) is 1.53. The average molecular weight is 261 g/mol. The summed E-state index contributed by atoms with van der Waals surface area (Å²) in [7, 11) is 1.54. The number of nitrogens with one attached hydrogen (secondary N) is 1. The number of nitriles is 1. The number of anilines is 2. The van der Waals surface area contributed by atoms with Crippen LogP contribution in [0.4, 0.5) is 11.5 Å². The third-order valence-corrected chi connectivity index (χ3v) is 2.45. The zero-order chi connectivity index (χ0) is 13.0. The first-order chi connectivity index (χ1) is 8.74. The van der Waals surface area contributed by atoms with Gasteiger partial charge in [-0.25, -0.2) is 0 Å². The van der Waals surface area contributed by atoms with Gasteiger partial charge in [-0.15, -0.1) is 10.2 Å². The molecule has 0 amide bonds. The van der Waals surface area contributed by atoms with E-state index in [-0.39, 0.29) is 0 Å². The Labute approximate surface area is 109 Å². The predicted molar refractivity (Wildman–Crippen MR) is 68.0 cm³/mol. The van der Waals surface area contributed by atoms with Gasteiger partial charge in [-0.3, -0.25) is 0 Å². The lowest BCUT2D eigenvalue weighted by Crippen LogP contribution is -2.00. The number of rotatable bonds is 3. The van der Waals surface area contributed by atoms with E-state index in [0.717, 1.165) is 0 Å². The lowest BCUT2D eigenvalue weighted by atomic mass is 10.2. The Bertz CT molecular complexity index is 592. The van der Waals surface area contributed by atoms with Crippen molar-refractivity contribution < 1.29 is 4.74 Å². The Kier molecular flexibility index (Phi) is 3.60. The van der Waals surface area contributed by atoms with Crippen molar-refractivity contribution in [2.45, 2.75) is 0 Å². The molecule has 0 fully saturated rings. The highest BCUT2D eigenvalue weighted by Crippen LogP contribution is 2.30. The average Bonchev–Trinajstić information content (AvgIpc) is 2.41. The summed E-state index contributed by atoms with van der Waals surface area (Å²) < 4.78 is 5.20. The van der Waals surface area contributed by atoms with Gasteiger partial charge >= 0.3 is 0 Å². The van der Waals surface area contributed by atoms with Crippen molar-refractivity contribution in [3.63, 3.8) is 0 Å². The standard InChI is InChI=1S/C12H9ClN4O/c1-18-9-4-2-3-8(7-14)12(9)15-11-6-5-10(13)16-17-11/h2-6H,1H3,(H,15,17). The van der Waals surface area contributed by atoms with Crippen LogP contribution in [-0.2, 0) is 0 Å². The molecule has 5 nitrogen and oxygen atoms in total. The summed E-state index contributed by atoms with van der Waals surface area (Å²) in [6.45, 7) is 0. The normalized spacial score (nSPS) is 9.61. The molecule has 0 aliphatic heterocycles. The molecule has 18 heavy (non-hydrogen) atoms. The molecule has 0 radical (unpaired) electrons. The van der Waals surface area contributed by atoms with Gasteiger partial charge in [-0.05, 0) is 24.3 Å². The number of aromatic nitrogens is 2. The molecule has 0 saturated carbocycles. The molecule has 1 aromatic heterocycles. The van der Waals surface area contributed by atoms with E-state index in [1.807, 2.05) is 0 Å². The van der Waals surface area contributed by atoms with E-state index in [1.165, 1.54) is 7.11 Å². The fourth-order valence-electron chi connectivity index (χ4n) is 1.43. The molecule has 90 valence electrons. The van der Waals surface area contributed by atoms with Gasteiger partial charge < -0.3 is 10.1 Å². The van der Waals surface area contributed by atoms with Crippen LogP contribution in [0.2, 0.25) is 5.15 Å². The van der Waals surface area contributed by atoms with Crippen LogP contribution in [0.25, 0.3) is 0 Å². The van der Waals surface area contributed by atoms with E-state index >= 15 is 0 Å². The Morgan fingerprint density at radius 3 is 2.72 bits per heavy atom. The molecule has 0 bridgehead atoms. The summed E-state index contributed by atoms with van der Waals surface area (Å²) in [4.78, 5) is 0. The van der Waals surface area contributed by atoms with Gasteiger partial charge in [-0.2, -0.15) is 5.26 Å². The molecule has 1 heterocycles. The SMILES string of the molecule is COc1cccc(C#N)c1Nc1ccc(Cl)nn1. The van der Waals surface area contributed by atoms with E-state index in [1.54, 1.807) is 30.3 Å². The minimum Gasteiger partial charge on any atom is -0.495 e. The van der Waals surface area contributed by atoms with Gasteiger partial charge in [0.2, 0.25) is 0 Å². The van der Waals surface area contributed by atoms with Crippen LogP contribution >= 0.6 is 11.6 Å². The number of para-hydroxylation sites is 1. The Morgan fingerprint density at radius 1 is 1.28 bits per heavy atom. The van der Waals surface area contributed by atoms with Crippen molar-refractivity contribution in [3.8, 4) is 11.8 Å². The molecule has 0 spiro atoms. The second-order valence-electron chi connectivity index (χ2n) is 3.36. The third-order valence-electron chi connectivity index (χ3n) is 2.25. The van der Waals surface area contributed by atoms with E-state index in [2.05, 4.69) is 21.6 Å². The van der Waals surface area contributed by atoms with Gasteiger partial charge in [0.15, 0.2) is 11.0 Å². The van der Waals surface area contributed by atoms with Crippen LogP contribution in [0.1, 0.15) is 5.56 Å². The van der Waals surface area contributed by atoms with Crippen LogP contribution in [-0.4, -0.2) is 17.3 Å². The Balaban J connectivity index is 2.39. The smallest absolute Gasteiger partial charge is 0.153 e. The zero-order valence-electron chi connectivity index (χ0n) is 9.51. The highest BCUT2D eigenvalue weighted by molar-refractivity contribution is 6.29. The Morgan fingerprint density at radius 2 is 2.11 bits per heavy atom. The molecule has 1 N–H and O–H groups in total. The second kappa shape index (κ2) is 5.34. The van der Waals surface area contributed by atoms with E-state index in [9.17, 15) is 0 Å². The Hall–Kier alpha value is -2.32. The molecule has 0 atom stereocenters. The minimum absolute atomic E-state index is 0.307. The number of benzene rings is 1. The third kappa shape index (κ3) is 2.50. The highest BCUT2D eigenvalue weighted by atomic mass is 35.5. The molecule has 0 saturated heterocycles. The topological polar surface area (TPSA) is 70.8 Å².